The first-order chi connectivity index (χ1) is 16.9. The van der Waals surface area contributed by atoms with Gasteiger partial charge in [0.25, 0.3) is 5.91 Å². The van der Waals surface area contributed by atoms with E-state index in [0.29, 0.717) is 11.6 Å². The first kappa shape index (κ1) is 22.6. The first-order valence-electron chi connectivity index (χ1n) is 11.7. The van der Waals surface area contributed by atoms with Crippen LogP contribution in [0.5, 0.6) is 5.75 Å². The van der Waals surface area contributed by atoms with Crippen LogP contribution in [0.2, 0.25) is 0 Å². The molecule has 2 atom stereocenters. The van der Waals surface area contributed by atoms with Crippen LogP contribution in [-0.2, 0) is 4.79 Å². The van der Waals surface area contributed by atoms with Crippen LogP contribution in [0.15, 0.2) is 71.5 Å². The SMILES string of the molecule is Bc1ccc2nc(-c3cccc(OCC(=O)NC(C)C)c3)nc(NC3=CC4C=NNC4C=C3)c2c1. The zero-order chi connectivity index (χ0) is 24.4. The van der Waals surface area contributed by atoms with Crippen molar-refractivity contribution in [2.75, 3.05) is 11.9 Å². The standard InChI is InChI=1S/C26H27BN6O2/c1-15(2)29-24(34)14-35-20-5-3-4-16(11-20)25-31-23-8-6-18(27)12-21(23)26(32-25)30-19-7-9-22-17(10-19)13-28-33-22/h3-13,15,17,22,33H,14,27H2,1-2H3,(H,29,34)(H,30,31,32). The van der Waals surface area contributed by atoms with Crippen LogP contribution in [-0.4, -0.2) is 48.6 Å². The maximum absolute atomic E-state index is 12.0. The normalized spacial score (nSPS) is 18.2. The summed E-state index contributed by atoms with van der Waals surface area (Å²) in [4.78, 5) is 21.7. The third-order valence-electron chi connectivity index (χ3n) is 5.77. The van der Waals surface area contributed by atoms with Gasteiger partial charge in [-0.2, -0.15) is 5.10 Å². The summed E-state index contributed by atoms with van der Waals surface area (Å²) in [5.74, 6) is 1.93. The minimum Gasteiger partial charge on any atom is -0.484 e. The Morgan fingerprint density at radius 1 is 1.20 bits per heavy atom. The second-order valence-electron chi connectivity index (χ2n) is 9.07. The second kappa shape index (κ2) is 9.62. The van der Waals surface area contributed by atoms with Gasteiger partial charge in [0, 0.05) is 34.8 Å². The Balaban J connectivity index is 1.45. The molecule has 2 aromatic carbocycles. The van der Waals surface area contributed by atoms with Gasteiger partial charge in [-0.05, 0) is 44.2 Å². The van der Waals surface area contributed by atoms with Gasteiger partial charge in [-0.15, -0.1) is 0 Å². The van der Waals surface area contributed by atoms with Crippen molar-refractivity contribution in [3.05, 3.63) is 66.4 Å². The molecule has 1 aromatic heterocycles. The number of amides is 1. The van der Waals surface area contributed by atoms with E-state index in [-0.39, 0.29) is 30.5 Å². The number of nitrogens with one attached hydrogen (secondary N) is 3. The molecule has 2 unspecified atom stereocenters. The quantitative estimate of drug-likeness (QED) is 0.460. The lowest BCUT2D eigenvalue weighted by atomic mass is 9.94. The average molecular weight is 466 g/mol. The molecule has 2 aliphatic rings. The van der Waals surface area contributed by atoms with Crippen LogP contribution in [0.1, 0.15) is 13.8 Å². The molecule has 1 aliphatic heterocycles. The van der Waals surface area contributed by atoms with Crippen molar-refractivity contribution in [3.63, 3.8) is 0 Å². The van der Waals surface area contributed by atoms with E-state index in [4.69, 9.17) is 14.7 Å². The molecule has 0 saturated carbocycles. The summed E-state index contributed by atoms with van der Waals surface area (Å²) in [6, 6.07) is 13.9. The van der Waals surface area contributed by atoms with E-state index < -0.39 is 0 Å². The molecule has 9 heteroatoms. The molecule has 35 heavy (non-hydrogen) atoms. The maximum Gasteiger partial charge on any atom is 0.258 e. The number of hydrogen-bond acceptors (Lipinski definition) is 7. The molecule has 1 amide bonds. The molecule has 3 N–H and O–H groups in total. The largest absolute Gasteiger partial charge is 0.484 e. The van der Waals surface area contributed by atoms with Crippen molar-refractivity contribution in [2.45, 2.75) is 25.9 Å². The minimum absolute atomic E-state index is 0.0485. The number of hydrogen-bond donors (Lipinski definition) is 3. The van der Waals surface area contributed by atoms with Crippen LogP contribution in [0, 0.1) is 5.92 Å². The molecule has 3 aromatic rings. The summed E-state index contributed by atoms with van der Waals surface area (Å²) in [7, 11) is 2.05. The Hall–Kier alpha value is -4.14. The summed E-state index contributed by atoms with van der Waals surface area (Å²) < 4.78 is 5.71. The summed E-state index contributed by atoms with van der Waals surface area (Å²) in [6.07, 6.45) is 8.21. The maximum atomic E-state index is 12.0. The third kappa shape index (κ3) is 5.19. The minimum atomic E-state index is -0.159. The number of hydrazone groups is 1. The molecular weight excluding hydrogens is 439 g/mol. The van der Waals surface area contributed by atoms with Gasteiger partial charge in [-0.3, -0.25) is 4.79 Å². The van der Waals surface area contributed by atoms with Gasteiger partial charge in [0.05, 0.1) is 11.6 Å². The molecule has 8 nitrogen and oxygen atoms in total. The van der Waals surface area contributed by atoms with E-state index in [1.807, 2.05) is 62.5 Å². The van der Waals surface area contributed by atoms with E-state index in [1.54, 1.807) is 0 Å². The topological polar surface area (TPSA) is 101 Å². The highest BCUT2D eigenvalue weighted by atomic mass is 16.5. The fraction of sp³-hybridized carbons (Fsp3) is 0.231. The third-order valence-corrected chi connectivity index (χ3v) is 5.77. The van der Waals surface area contributed by atoms with Crippen molar-refractivity contribution in [1.82, 2.24) is 20.7 Å². The second-order valence-corrected chi connectivity index (χ2v) is 9.07. The molecule has 0 saturated heterocycles. The van der Waals surface area contributed by atoms with Gasteiger partial charge in [0.1, 0.15) is 19.4 Å². The predicted molar refractivity (Wildman–Crippen MR) is 142 cm³/mol. The van der Waals surface area contributed by atoms with Crippen LogP contribution < -0.4 is 26.3 Å². The van der Waals surface area contributed by atoms with Gasteiger partial charge in [0.2, 0.25) is 0 Å². The Kier molecular flexibility index (Phi) is 6.22. The summed E-state index contributed by atoms with van der Waals surface area (Å²) >= 11 is 0. The smallest absolute Gasteiger partial charge is 0.258 e. The van der Waals surface area contributed by atoms with Gasteiger partial charge in [-0.1, -0.05) is 35.8 Å². The summed E-state index contributed by atoms with van der Waals surface area (Å²) in [5.41, 5.74) is 6.83. The highest BCUT2D eigenvalue weighted by Gasteiger charge is 2.23. The Morgan fingerprint density at radius 3 is 2.94 bits per heavy atom. The summed E-state index contributed by atoms with van der Waals surface area (Å²) in [5, 5.41) is 11.4. The molecule has 176 valence electrons. The fourth-order valence-electron chi connectivity index (χ4n) is 4.11. The van der Waals surface area contributed by atoms with E-state index in [0.717, 1.165) is 33.4 Å². The summed E-state index contributed by atoms with van der Waals surface area (Å²) in [6.45, 7) is 3.78. The lowest BCUT2D eigenvalue weighted by Gasteiger charge is -2.19. The Labute approximate surface area is 205 Å². The van der Waals surface area contributed by atoms with Crippen molar-refractivity contribution < 1.29 is 9.53 Å². The first-order valence-corrected chi connectivity index (χ1v) is 11.7. The fourth-order valence-corrected chi connectivity index (χ4v) is 4.11. The number of ether oxygens (including phenoxy) is 1. The van der Waals surface area contributed by atoms with E-state index in [2.05, 4.69) is 47.2 Å². The van der Waals surface area contributed by atoms with E-state index in [9.17, 15) is 4.79 Å². The van der Waals surface area contributed by atoms with Gasteiger partial charge in [0.15, 0.2) is 12.4 Å². The lowest BCUT2D eigenvalue weighted by molar-refractivity contribution is -0.123. The number of carbonyl (C=O) groups excluding carboxylic acids is 1. The number of benzene rings is 2. The molecule has 2 heterocycles. The highest BCUT2D eigenvalue weighted by molar-refractivity contribution is 6.33. The van der Waals surface area contributed by atoms with Gasteiger partial charge >= 0.3 is 0 Å². The number of anilines is 1. The molecule has 0 fully saturated rings. The number of nitrogens with zero attached hydrogens (tertiary/aromatic N) is 3. The van der Waals surface area contributed by atoms with Crippen LogP contribution in [0.4, 0.5) is 5.82 Å². The molecule has 0 bridgehead atoms. The van der Waals surface area contributed by atoms with Gasteiger partial charge < -0.3 is 20.8 Å². The molecular formula is C26H27BN6O2. The monoisotopic (exact) mass is 466 g/mol. The molecule has 0 spiro atoms. The Morgan fingerprint density at radius 2 is 2.09 bits per heavy atom. The Bertz CT molecular complexity index is 1370. The lowest BCUT2D eigenvalue weighted by Crippen LogP contribution is -2.34. The number of aromatic nitrogens is 2. The predicted octanol–water partition coefficient (Wildman–Crippen LogP) is 1.90. The highest BCUT2D eigenvalue weighted by Crippen LogP contribution is 2.28. The van der Waals surface area contributed by atoms with Crippen molar-refractivity contribution in [1.29, 1.82) is 0 Å². The average Bonchev–Trinajstić information content (AvgIpc) is 3.31. The zero-order valence-electron chi connectivity index (χ0n) is 19.9. The van der Waals surface area contributed by atoms with Crippen molar-refractivity contribution in [3.8, 4) is 17.1 Å². The number of allylic oxidation sites excluding steroid dienone is 1. The van der Waals surface area contributed by atoms with E-state index in [1.165, 1.54) is 0 Å². The van der Waals surface area contributed by atoms with Crippen LogP contribution in [0.3, 0.4) is 0 Å². The zero-order valence-corrected chi connectivity index (χ0v) is 19.9. The van der Waals surface area contributed by atoms with Crippen molar-refractivity contribution in [2.24, 2.45) is 11.0 Å². The number of fused-ring (bicyclic) bond motifs is 2. The molecule has 5 rings (SSSR count). The van der Waals surface area contributed by atoms with Gasteiger partial charge in [-0.25, -0.2) is 9.97 Å². The van der Waals surface area contributed by atoms with E-state index >= 15 is 0 Å². The van der Waals surface area contributed by atoms with Crippen molar-refractivity contribution >= 4 is 42.2 Å². The van der Waals surface area contributed by atoms with Crippen LogP contribution in [0.25, 0.3) is 22.3 Å². The van der Waals surface area contributed by atoms with Crippen LogP contribution >= 0.6 is 0 Å². The molecule has 1 aliphatic carbocycles. The number of carbonyl (C=O) groups is 1. The molecule has 0 radical (unpaired) electrons. The number of rotatable bonds is 7.